The van der Waals surface area contributed by atoms with Crippen molar-refractivity contribution in [2.24, 2.45) is 11.8 Å². The first-order valence-electron chi connectivity index (χ1n) is 12.9. The van der Waals surface area contributed by atoms with Crippen LogP contribution in [0.4, 0.5) is 0 Å². The van der Waals surface area contributed by atoms with Gasteiger partial charge >= 0.3 is 5.97 Å². The number of methoxy groups -OCH3 is 4. The molecule has 1 N–H and O–H groups in total. The van der Waals surface area contributed by atoms with E-state index in [-0.39, 0.29) is 12.2 Å². The molecule has 0 amide bonds. The second kappa shape index (κ2) is 11.0. The van der Waals surface area contributed by atoms with Gasteiger partial charge < -0.3 is 33.6 Å². The molecule has 37 heavy (non-hydrogen) atoms. The summed E-state index contributed by atoms with van der Waals surface area (Å²) in [5.74, 6) is 1.88. The molecular formula is C29H36N2O6. The molecule has 2 fully saturated rings. The summed E-state index contributed by atoms with van der Waals surface area (Å²) in [6, 6.07) is 11.7. The Morgan fingerprint density at radius 3 is 2.27 bits per heavy atom. The van der Waals surface area contributed by atoms with E-state index >= 15 is 0 Å². The molecule has 1 aliphatic heterocycles. The minimum atomic E-state index is -0.418. The SMILES string of the molecule is COc1cc(C(=O)OC2CC3CN(CCc4c[nH]c5ccccc45)CC3CC2OC)cc(OC)c1OC. The number of carbonyl (C=O) groups excluding carboxylic acids is 1. The van der Waals surface area contributed by atoms with Crippen LogP contribution >= 0.6 is 0 Å². The van der Waals surface area contributed by atoms with Gasteiger partial charge in [0.05, 0.1) is 33.0 Å². The Hall–Kier alpha value is -3.23. The molecule has 1 saturated carbocycles. The average Bonchev–Trinajstić information content (AvgIpc) is 3.53. The first kappa shape index (κ1) is 25.4. The number of ether oxygens (including phenoxy) is 5. The van der Waals surface area contributed by atoms with Gasteiger partial charge in [0.15, 0.2) is 11.5 Å². The number of hydrogen-bond acceptors (Lipinski definition) is 7. The Balaban J connectivity index is 1.23. The number of fused-ring (bicyclic) bond motifs is 2. The molecule has 1 saturated heterocycles. The fourth-order valence-corrected chi connectivity index (χ4v) is 6.05. The molecule has 4 atom stereocenters. The molecule has 1 aromatic heterocycles. The zero-order chi connectivity index (χ0) is 25.9. The predicted octanol–water partition coefficient (Wildman–Crippen LogP) is 4.32. The molecule has 2 aliphatic rings. The summed E-state index contributed by atoms with van der Waals surface area (Å²) >= 11 is 0. The minimum absolute atomic E-state index is 0.124. The molecule has 3 aromatic rings. The lowest BCUT2D eigenvalue weighted by Gasteiger charge is -2.36. The molecule has 8 heteroatoms. The van der Waals surface area contributed by atoms with Crippen molar-refractivity contribution >= 4 is 16.9 Å². The van der Waals surface area contributed by atoms with E-state index in [0.29, 0.717) is 34.6 Å². The summed E-state index contributed by atoms with van der Waals surface area (Å²) < 4.78 is 28.0. The van der Waals surface area contributed by atoms with Crippen molar-refractivity contribution in [3.63, 3.8) is 0 Å². The number of para-hydroxylation sites is 1. The summed E-state index contributed by atoms with van der Waals surface area (Å²) in [6.07, 6.45) is 4.40. The Morgan fingerprint density at radius 1 is 0.946 bits per heavy atom. The van der Waals surface area contributed by atoms with Crippen molar-refractivity contribution < 1.29 is 28.5 Å². The van der Waals surface area contributed by atoms with E-state index in [1.165, 1.54) is 37.8 Å². The highest BCUT2D eigenvalue weighted by Gasteiger charge is 2.44. The minimum Gasteiger partial charge on any atom is -0.493 e. The van der Waals surface area contributed by atoms with E-state index in [2.05, 4.69) is 40.3 Å². The highest BCUT2D eigenvalue weighted by Crippen LogP contribution is 2.41. The van der Waals surface area contributed by atoms with E-state index in [1.807, 2.05) is 0 Å². The second-order valence-corrected chi connectivity index (χ2v) is 9.99. The molecular weight excluding hydrogens is 472 g/mol. The summed E-state index contributed by atoms with van der Waals surface area (Å²) in [5.41, 5.74) is 2.91. The summed E-state index contributed by atoms with van der Waals surface area (Å²) in [4.78, 5) is 19.1. The summed E-state index contributed by atoms with van der Waals surface area (Å²) in [6.45, 7) is 3.09. The molecule has 8 nitrogen and oxygen atoms in total. The molecule has 5 rings (SSSR count). The lowest BCUT2D eigenvalue weighted by atomic mass is 9.78. The first-order valence-corrected chi connectivity index (χ1v) is 12.9. The molecule has 2 heterocycles. The molecule has 0 radical (unpaired) electrons. The number of nitrogens with one attached hydrogen (secondary N) is 1. The van der Waals surface area contributed by atoms with Crippen molar-refractivity contribution in [1.82, 2.24) is 9.88 Å². The molecule has 1 aliphatic carbocycles. The third-order valence-electron chi connectivity index (χ3n) is 7.97. The fraction of sp³-hybridized carbons (Fsp3) is 0.483. The van der Waals surface area contributed by atoms with Gasteiger partial charge in [-0.3, -0.25) is 0 Å². The Labute approximate surface area is 217 Å². The molecule has 198 valence electrons. The van der Waals surface area contributed by atoms with Crippen LogP contribution in [0, 0.1) is 11.8 Å². The van der Waals surface area contributed by atoms with Gasteiger partial charge in [-0.1, -0.05) is 18.2 Å². The Morgan fingerprint density at radius 2 is 1.62 bits per heavy atom. The van der Waals surface area contributed by atoms with E-state index in [4.69, 9.17) is 23.7 Å². The summed E-state index contributed by atoms with van der Waals surface area (Å²) in [7, 11) is 6.29. The number of rotatable bonds is 9. The number of benzene rings is 2. The number of likely N-dealkylation sites (tertiary alicyclic amines) is 1. The lowest BCUT2D eigenvalue weighted by molar-refractivity contribution is -0.0732. The molecule has 0 spiro atoms. The monoisotopic (exact) mass is 508 g/mol. The van der Waals surface area contributed by atoms with Crippen LogP contribution in [0.2, 0.25) is 0 Å². The van der Waals surface area contributed by atoms with Crippen molar-refractivity contribution in [3.8, 4) is 17.2 Å². The lowest BCUT2D eigenvalue weighted by Crippen LogP contribution is -2.42. The van der Waals surface area contributed by atoms with Crippen LogP contribution in [-0.4, -0.2) is 76.1 Å². The summed E-state index contributed by atoms with van der Waals surface area (Å²) in [5, 5.41) is 1.30. The van der Waals surface area contributed by atoms with Crippen LogP contribution in [0.1, 0.15) is 28.8 Å². The quantitative estimate of drug-likeness (QED) is 0.431. The van der Waals surface area contributed by atoms with Crippen molar-refractivity contribution in [2.45, 2.75) is 31.5 Å². The van der Waals surface area contributed by atoms with Crippen LogP contribution in [0.15, 0.2) is 42.6 Å². The average molecular weight is 509 g/mol. The Bertz CT molecular complexity index is 1220. The van der Waals surface area contributed by atoms with Gasteiger partial charge in [0, 0.05) is 43.8 Å². The third kappa shape index (κ3) is 5.13. The standard InChI is InChI=1S/C29H36N2O6/c1-33-24-13-20-16-31(10-9-18-15-30-23-8-6-5-7-22(18)23)17-21(20)14-25(24)37-29(32)19-11-26(34-2)28(36-4)27(12-19)35-3/h5-8,11-12,15,20-21,24-25,30H,9-10,13-14,16-17H2,1-4H3. The molecule has 0 bridgehead atoms. The van der Waals surface area contributed by atoms with Crippen LogP contribution < -0.4 is 14.2 Å². The fourth-order valence-electron chi connectivity index (χ4n) is 6.05. The highest BCUT2D eigenvalue weighted by molar-refractivity contribution is 5.91. The maximum absolute atomic E-state index is 13.2. The molecule has 2 aromatic carbocycles. The smallest absolute Gasteiger partial charge is 0.338 e. The number of esters is 1. The van der Waals surface area contributed by atoms with Crippen molar-refractivity contribution in [2.75, 3.05) is 48.1 Å². The maximum Gasteiger partial charge on any atom is 0.338 e. The van der Waals surface area contributed by atoms with E-state index < -0.39 is 5.97 Å². The number of H-pyrrole nitrogens is 1. The largest absolute Gasteiger partial charge is 0.493 e. The van der Waals surface area contributed by atoms with Gasteiger partial charge in [-0.05, 0) is 54.9 Å². The maximum atomic E-state index is 13.2. The van der Waals surface area contributed by atoms with Gasteiger partial charge in [0.25, 0.3) is 0 Å². The topological polar surface area (TPSA) is 82.3 Å². The number of carbonyl (C=O) groups is 1. The second-order valence-electron chi connectivity index (χ2n) is 9.99. The van der Waals surface area contributed by atoms with Crippen LogP contribution in [0.25, 0.3) is 10.9 Å². The van der Waals surface area contributed by atoms with Gasteiger partial charge in [-0.25, -0.2) is 4.79 Å². The molecule has 4 unspecified atom stereocenters. The van der Waals surface area contributed by atoms with Gasteiger partial charge in [-0.2, -0.15) is 0 Å². The first-order chi connectivity index (χ1) is 18.0. The van der Waals surface area contributed by atoms with Crippen LogP contribution in [0.3, 0.4) is 0 Å². The van der Waals surface area contributed by atoms with Crippen molar-refractivity contribution in [3.05, 3.63) is 53.7 Å². The highest BCUT2D eigenvalue weighted by atomic mass is 16.6. The van der Waals surface area contributed by atoms with E-state index in [0.717, 1.165) is 38.9 Å². The van der Waals surface area contributed by atoms with Crippen molar-refractivity contribution in [1.29, 1.82) is 0 Å². The zero-order valence-corrected chi connectivity index (χ0v) is 22.0. The van der Waals surface area contributed by atoms with Gasteiger partial charge in [0.1, 0.15) is 6.10 Å². The third-order valence-corrected chi connectivity index (χ3v) is 7.97. The van der Waals surface area contributed by atoms with Gasteiger partial charge in [-0.15, -0.1) is 0 Å². The van der Waals surface area contributed by atoms with E-state index in [9.17, 15) is 4.79 Å². The number of nitrogens with zero attached hydrogens (tertiary/aromatic N) is 1. The van der Waals surface area contributed by atoms with Gasteiger partial charge in [0.2, 0.25) is 5.75 Å². The van der Waals surface area contributed by atoms with E-state index in [1.54, 1.807) is 19.2 Å². The normalized spacial score (nSPS) is 23.6. The number of aromatic nitrogens is 1. The van der Waals surface area contributed by atoms with Crippen LogP contribution in [-0.2, 0) is 15.9 Å². The van der Waals surface area contributed by atoms with Crippen LogP contribution in [0.5, 0.6) is 17.2 Å². The zero-order valence-electron chi connectivity index (χ0n) is 22.0. The Kier molecular flexibility index (Phi) is 7.58. The number of aromatic amines is 1. The predicted molar refractivity (Wildman–Crippen MR) is 141 cm³/mol. The number of hydrogen-bond donors (Lipinski definition) is 1.